The van der Waals surface area contributed by atoms with E-state index in [1.165, 1.54) is 11.3 Å². The topological polar surface area (TPSA) is 29.1 Å². The molecular formula is C10H13BrClNOS. The number of nitrogens with one attached hydrogen (secondary N) is 1. The van der Waals surface area contributed by atoms with Crippen molar-refractivity contribution < 1.29 is 4.79 Å². The van der Waals surface area contributed by atoms with E-state index in [0.717, 1.165) is 3.79 Å². The van der Waals surface area contributed by atoms with Crippen molar-refractivity contribution in [2.45, 2.75) is 13.8 Å². The van der Waals surface area contributed by atoms with Crippen molar-refractivity contribution >= 4 is 44.8 Å². The molecule has 0 radical (unpaired) electrons. The number of hydrogen-bond acceptors (Lipinski definition) is 2. The molecule has 0 aliphatic carbocycles. The number of thiophene rings is 1. The lowest BCUT2D eigenvalue weighted by molar-refractivity contribution is 0.0944. The van der Waals surface area contributed by atoms with E-state index in [1.54, 1.807) is 6.07 Å². The summed E-state index contributed by atoms with van der Waals surface area (Å²) in [5.41, 5.74) is -0.0638. The fourth-order valence-electron chi connectivity index (χ4n) is 0.890. The first-order chi connectivity index (χ1) is 6.94. The molecule has 0 bridgehead atoms. The van der Waals surface area contributed by atoms with Crippen LogP contribution in [0.3, 0.4) is 0 Å². The zero-order valence-electron chi connectivity index (χ0n) is 8.64. The third kappa shape index (κ3) is 4.13. The summed E-state index contributed by atoms with van der Waals surface area (Å²) in [6, 6.07) is 3.67. The summed E-state index contributed by atoms with van der Waals surface area (Å²) >= 11 is 10.5. The van der Waals surface area contributed by atoms with Crippen LogP contribution in [0.1, 0.15) is 23.5 Å². The van der Waals surface area contributed by atoms with Crippen molar-refractivity contribution in [2.75, 3.05) is 12.4 Å². The van der Waals surface area contributed by atoms with Crippen LogP contribution in [0.2, 0.25) is 0 Å². The number of halogens is 2. The maximum absolute atomic E-state index is 11.7. The van der Waals surface area contributed by atoms with Gasteiger partial charge in [-0.1, -0.05) is 13.8 Å². The molecular weight excluding hydrogens is 298 g/mol. The summed E-state index contributed by atoms with van der Waals surface area (Å²) in [7, 11) is 0. The molecule has 1 aromatic rings. The minimum Gasteiger partial charge on any atom is -0.351 e. The molecule has 0 aromatic carbocycles. The molecule has 0 fully saturated rings. The Bertz CT molecular complexity index is 351. The van der Waals surface area contributed by atoms with Crippen molar-refractivity contribution in [1.29, 1.82) is 0 Å². The van der Waals surface area contributed by atoms with Crippen molar-refractivity contribution in [3.63, 3.8) is 0 Å². The molecule has 1 rings (SSSR count). The van der Waals surface area contributed by atoms with Crippen LogP contribution < -0.4 is 5.32 Å². The number of hydrogen-bond donors (Lipinski definition) is 1. The zero-order valence-corrected chi connectivity index (χ0v) is 11.8. The number of carbonyl (C=O) groups excluding carboxylic acids is 1. The van der Waals surface area contributed by atoms with Gasteiger partial charge < -0.3 is 5.32 Å². The maximum Gasteiger partial charge on any atom is 0.261 e. The van der Waals surface area contributed by atoms with Gasteiger partial charge in [-0.05, 0) is 33.5 Å². The number of carbonyl (C=O) groups is 1. The van der Waals surface area contributed by atoms with Gasteiger partial charge in [-0.25, -0.2) is 0 Å². The van der Waals surface area contributed by atoms with Gasteiger partial charge in [-0.3, -0.25) is 4.79 Å². The molecule has 5 heteroatoms. The first kappa shape index (κ1) is 13.0. The third-order valence-corrected chi connectivity index (χ3v) is 4.23. The highest BCUT2D eigenvalue weighted by Gasteiger charge is 2.18. The molecule has 1 amide bonds. The lowest BCUT2D eigenvalue weighted by atomic mass is 9.96. The van der Waals surface area contributed by atoms with Gasteiger partial charge in [0.25, 0.3) is 5.91 Å². The molecule has 0 atom stereocenters. The van der Waals surface area contributed by atoms with Gasteiger partial charge in [0.2, 0.25) is 0 Å². The predicted molar refractivity (Wildman–Crippen MR) is 68.9 cm³/mol. The Balaban J connectivity index is 2.50. The average Bonchev–Trinajstić information content (AvgIpc) is 2.61. The van der Waals surface area contributed by atoms with E-state index in [-0.39, 0.29) is 11.3 Å². The van der Waals surface area contributed by atoms with Gasteiger partial charge in [0.05, 0.1) is 8.66 Å². The fraction of sp³-hybridized carbons (Fsp3) is 0.500. The van der Waals surface area contributed by atoms with E-state index in [0.29, 0.717) is 17.3 Å². The van der Waals surface area contributed by atoms with Crippen LogP contribution in [0, 0.1) is 5.41 Å². The number of rotatable bonds is 4. The maximum atomic E-state index is 11.7. The monoisotopic (exact) mass is 309 g/mol. The van der Waals surface area contributed by atoms with E-state index in [4.69, 9.17) is 11.6 Å². The highest BCUT2D eigenvalue weighted by Crippen LogP contribution is 2.22. The van der Waals surface area contributed by atoms with Crippen molar-refractivity contribution in [1.82, 2.24) is 5.32 Å². The molecule has 1 aromatic heterocycles. The van der Waals surface area contributed by atoms with E-state index >= 15 is 0 Å². The second-order valence-electron chi connectivity index (χ2n) is 4.08. The summed E-state index contributed by atoms with van der Waals surface area (Å²) < 4.78 is 0.962. The van der Waals surface area contributed by atoms with Gasteiger partial charge in [-0.2, -0.15) is 0 Å². The van der Waals surface area contributed by atoms with Crippen LogP contribution in [0.25, 0.3) is 0 Å². The van der Waals surface area contributed by atoms with Gasteiger partial charge in [0, 0.05) is 12.4 Å². The predicted octanol–water partition coefficient (Wildman–Crippen LogP) is 3.51. The van der Waals surface area contributed by atoms with Crippen LogP contribution in [0.5, 0.6) is 0 Å². The lowest BCUT2D eigenvalue weighted by Crippen LogP contribution is -2.34. The summed E-state index contributed by atoms with van der Waals surface area (Å²) in [6.07, 6.45) is 0. The second-order valence-corrected chi connectivity index (χ2v) is 6.81. The average molecular weight is 311 g/mol. The highest BCUT2D eigenvalue weighted by molar-refractivity contribution is 9.11. The third-order valence-electron chi connectivity index (χ3n) is 1.89. The summed E-state index contributed by atoms with van der Waals surface area (Å²) in [5, 5.41) is 2.87. The van der Waals surface area contributed by atoms with Crippen LogP contribution >= 0.6 is 38.9 Å². The zero-order chi connectivity index (χ0) is 11.5. The smallest absolute Gasteiger partial charge is 0.261 e. The van der Waals surface area contributed by atoms with Gasteiger partial charge in [0.1, 0.15) is 0 Å². The molecule has 2 nitrogen and oxygen atoms in total. The quantitative estimate of drug-likeness (QED) is 0.847. The molecule has 0 unspecified atom stereocenters. The molecule has 0 aliphatic rings. The Labute approximate surface area is 107 Å². The van der Waals surface area contributed by atoms with E-state index in [9.17, 15) is 4.79 Å². The lowest BCUT2D eigenvalue weighted by Gasteiger charge is -2.21. The largest absolute Gasteiger partial charge is 0.351 e. The summed E-state index contributed by atoms with van der Waals surface area (Å²) in [4.78, 5) is 12.4. The molecule has 0 spiro atoms. The summed E-state index contributed by atoms with van der Waals surface area (Å²) in [6.45, 7) is 4.63. The van der Waals surface area contributed by atoms with Crippen LogP contribution in [0.4, 0.5) is 0 Å². The van der Waals surface area contributed by atoms with Crippen molar-refractivity contribution in [3.05, 3.63) is 20.8 Å². The van der Waals surface area contributed by atoms with E-state index in [1.807, 2.05) is 19.9 Å². The fourth-order valence-corrected chi connectivity index (χ4v) is 2.29. The second kappa shape index (κ2) is 5.32. The normalized spacial score (nSPS) is 11.5. The molecule has 1 heterocycles. The van der Waals surface area contributed by atoms with Crippen LogP contribution in [-0.4, -0.2) is 18.3 Å². The Hall–Kier alpha value is -0.0600. The molecule has 15 heavy (non-hydrogen) atoms. The van der Waals surface area contributed by atoms with Gasteiger partial charge >= 0.3 is 0 Å². The van der Waals surface area contributed by atoms with Gasteiger partial charge in [-0.15, -0.1) is 22.9 Å². The number of alkyl halides is 1. The minimum atomic E-state index is -0.0638. The Morgan fingerprint density at radius 2 is 2.27 bits per heavy atom. The molecule has 0 saturated carbocycles. The Kier molecular flexibility index (Phi) is 4.62. The first-order valence-corrected chi connectivity index (χ1v) is 6.68. The van der Waals surface area contributed by atoms with Crippen molar-refractivity contribution in [2.24, 2.45) is 5.41 Å². The minimum absolute atomic E-state index is 0.0381. The van der Waals surface area contributed by atoms with E-state index < -0.39 is 0 Å². The molecule has 84 valence electrons. The van der Waals surface area contributed by atoms with Crippen LogP contribution in [-0.2, 0) is 0 Å². The summed E-state index contributed by atoms with van der Waals surface area (Å²) in [5.74, 6) is 0.491. The van der Waals surface area contributed by atoms with Crippen molar-refractivity contribution in [3.8, 4) is 0 Å². The molecule has 1 N–H and O–H groups in total. The SMILES string of the molecule is CC(C)(CCl)CNC(=O)c1ccc(Br)s1. The van der Waals surface area contributed by atoms with Crippen LogP contribution in [0.15, 0.2) is 15.9 Å². The Morgan fingerprint density at radius 3 is 2.73 bits per heavy atom. The molecule has 0 saturated heterocycles. The standard InChI is InChI=1S/C10H13BrClNOS/c1-10(2,5-12)6-13-9(14)7-3-4-8(11)15-7/h3-4H,5-6H2,1-2H3,(H,13,14). The van der Waals surface area contributed by atoms with Gasteiger partial charge in [0.15, 0.2) is 0 Å². The first-order valence-electron chi connectivity index (χ1n) is 4.54. The Morgan fingerprint density at radius 1 is 1.60 bits per heavy atom. The molecule has 0 aliphatic heterocycles. The number of amides is 1. The van der Waals surface area contributed by atoms with E-state index in [2.05, 4.69) is 21.2 Å². The highest BCUT2D eigenvalue weighted by atomic mass is 79.9.